The van der Waals surface area contributed by atoms with Gasteiger partial charge >= 0.3 is 0 Å². The second kappa shape index (κ2) is 13.3. The third-order valence-electron chi connectivity index (χ3n) is 4.58. The number of carbonyl (C=O) groups excluding carboxylic acids is 1. The normalized spacial score (nSPS) is 15.3. The highest BCUT2D eigenvalue weighted by Crippen LogP contribution is 2.16. The molecule has 1 aliphatic heterocycles. The summed E-state index contributed by atoms with van der Waals surface area (Å²) in [6.45, 7) is 10.4. The van der Waals surface area contributed by atoms with Crippen LogP contribution in [0, 0.1) is 13.8 Å². The number of aryl methyl sites for hydroxylation is 2. The van der Waals surface area contributed by atoms with Crippen LogP contribution in [0.25, 0.3) is 0 Å². The molecule has 0 atom stereocenters. The first kappa shape index (κ1) is 24.1. The molecule has 2 heterocycles. The Balaban J connectivity index is 0.00000364. The van der Waals surface area contributed by atoms with E-state index in [4.69, 9.17) is 0 Å². The van der Waals surface area contributed by atoms with Gasteiger partial charge in [0, 0.05) is 50.4 Å². The van der Waals surface area contributed by atoms with Crippen molar-refractivity contribution in [3.8, 4) is 0 Å². The van der Waals surface area contributed by atoms with Gasteiger partial charge in [-0.25, -0.2) is 4.98 Å². The fourth-order valence-corrected chi connectivity index (χ4v) is 3.94. The number of likely N-dealkylation sites (tertiary alicyclic amines) is 1. The van der Waals surface area contributed by atoms with E-state index in [9.17, 15) is 4.79 Å². The molecule has 0 bridgehead atoms. The van der Waals surface area contributed by atoms with Crippen LogP contribution in [-0.2, 0) is 11.2 Å². The van der Waals surface area contributed by atoms with Crippen molar-refractivity contribution < 1.29 is 4.79 Å². The van der Waals surface area contributed by atoms with Gasteiger partial charge in [0.1, 0.15) is 0 Å². The van der Waals surface area contributed by atoms with Crippen LogP contribution in [0.1, 0.15) is 54.6 Å². The number of nitrogens with zero attached hydrogens (tertiary/aromatic N) is 3. The Bertz CT molecular complexity index is 585. The molecule has 8 heteroatoms. The van der Waals surface area contributed by atoms with Crippen molar-refractivity contribution in [2.24, 2.45) is 4.99 Å². The summed E-state index contributed by atoms with van der Waals surface area (Å²) < 4.78 is 0. The number of aliphatic imine (C=N–C) groups is 1. The Morgan fingerprint density at radius 1 is 1.26 bits per heavy atom. The van der Waals surface area contributed by atoms with Crippen LogP contribution in [0.15, 0.2) is 4.99 Å². The third-order valence-corrected chi connectivity index (χ3v) is 5.71. The number of halogens is 1. The molecule has 1 saturated heterocycles. The topological polar surface area (TPSA) is 69.6 Å². The molecule has 154 valence electrons. The number of guanidine groups is 1. The van der Waals surface area contributed by atoms with Gasteiger partial charge in [-0.05, 0) is 40.0 Å². The molecule has 1 fully saturated rings. The average molecular weight is 507 g/mol. The second-order valence-electron chi connectivity index (χ2n) is 6.73. The van der Waals surface area contributed by atoms with E-state index in [2.05, 4.69) is 41.4 Å². The van der Waals surface area contributed by atoms with E-state index in [0.717, 1.165) is 70.1 Å². The lowest BCUT2D eigenvalue weighted by atomic mass is 10.2. The predicted molar refractivity (Wildman–Crippen MR) is 124 cm³/mol. The lowest BCUT2D eigenvalue weighted by Gasteiger charge is -2.20. The summed E-state index contributed by atoms with van der Waals surface area (Å²) in [5, 5.41) is 7.83. The van der Waals surface area contributed by atoms with Crippen molar-refractivity contribution in [1.29, 1.82) is 0 Å². The van der Waals surface area contributed by atoms with E-state index in [1.54, 1.807) is 11.3 Å². The monoisotopic (exact) mass is 507 g/mol. The Morgan fingerprint density at radius 3 is 2.78 bits per heavy atom. The highest BCUT2D eigenvalue weighted by molar-refractivity contribution is 14.0. The first-order valence-electron chi connectivity index (χ1n) is 9.83. The van der Waals surface area contributed by atoms with Crippen molar-refractivity contribution >= 4 is 47.2 Å². The van der Waals surface area contributed by atoms with Crippen molar-refractivity contribution in [2.45, 2.75) is 59.3 Å². The maximum atomic E-state index is 12.0. The van der Waals surface area contributed by atoms with E-state index < -0.39 is 0 Å². The first-order chi connectivity index (χ1) is 12.6. The fraction of sp³-hybridized carbons (Fsp3) is 0.737. The van der Waals surface area contributed by atoms with Crippen LogP contribution in [0.4, 0.5) is 0 Å². The van der Waals surface area contributed by atoms with E-state index >= 15 is 0 Å². The van der Waals surface area contributed by atoms with Gasteiger partial charge in [0.15, 0.2) is 5.96 Å². The van der Waals surface area contributed by atoms with Gasteiger partial charge in [0.2, 0.25) is 5.91 Å². The fourth-order valence-electron chi connectivity index (χ4n) is 3.00. The quantitative estimate of drug-likeness (QED) is 0.245. The minimum absolute atomic E-state index is 0. The maximum Gasteiger partial charge on any atom is 0.222 e. The standard InChI is InChI=1S/C19H33N5OS.HI/c1-4-20-19(22-12-10-17-23-15(2)16(3)26-17)21-11-8-14-24-13-7-5-6-9-18(24)25;/h4-14H2,1-3H3,(H2,20,21,22);1H. The third kappa shape index (κ3) is 8.76. The number of carbonyl (C=O) groups is 1. The van der Waals surface area contributed by atoms with Gasteiger partial charge in [-0.1, -0.05) is 6.42 Å². The van der Waals surface area contributed by atoms with Crippen LogP contribution < -0.4 is 10.6 Å². The molecule has 27 heavy (non-hydrogen) atoms. The number of rotatable bonds is 8. The molecule has 1 aromatic heterocycles. The molecule has 0 saturated carbocycles. The van der Waals surface area contributed by atoms with Crippen LogP contribution in [-0.4, -0.2) is 54.5 Å². The zero-order valence-corrected chi connectivity index (χ0v) is 20.0. The van der Waals surface area contributed by atoms with Gasteiger partial charge in [-0.3, -0.25) is 9.79 Å². The maximum absolute atomic E-state index is 12.0. The number of nitrogens with one attached hydrogen (secondary N) is 2. The summed E-state index contributed by atoms with van der Waals surface area (Å²) >= 11 is 1.77. The first-order valence-corrected chi connectivity index (χ1v) is 10.6. The molecule has 2 rings (SSSR count). The van der Waals surface area contributed by atoms with E-state index in [1.165, 1.54) is 16.3 Å². The number of hydrogen-bond donors (Lipinski definition) is 2. The van der Waals surface area contributed by atoms with E-state index in [1.807, 2.05) is 4.90 Å². The van der Waals surface area contributed by atoms with Gasteiger partial charge < -0.3 is 15.5 Å². The largest absolute Gasteiger partial charge is 0.357 e. The van der Waals surface area contributed by atoms with Crippen LogP contribution >= 0.6 is 35.3 Å². The summed E-state index contributed by atoms with van der Waals surface area (Å²) in [6.07, 6.45) is 5.88. The Labute approximate surface area is 184 Å². The van der Waals surface area contributed by atoms with Crippen molar-refractivity contribution in [1.82, 2.24) is 20.5 Å². The molecule has 0 unspecified atom stereocenters. The van der Waals surface area contributed by atoms with Gasteiger partial charge in [-0.2, -0.15) is 0 Å². The molecule has 2 N–H and O–H groups in total. The van der Waals surface area contributed by atoms with E-state index in [-0.39, 0.29) is 24.0 Å². The summed E-state index contributed by atoms with van der Waals surface area (Å²) in [5.74, 6) is 1.16. The zero-order chi connectivity index (χ0) is 18.8. The number of amides is 1. The minimum Gasteiger partial charge on any atom is -0.357 e. The van der Waals surface area contributed by atoms with E-state index in [0.29, 0.717) is 12.3 Å². The molecular formula is C19H34IN5OS. The van der Waals surface area contributed by atoms with Crippen molar-refractivity contribution in [2.75, 3.05) is 32.7 Å². The Kier molecular flexibility index (Phi) is 11.9. The molecule has 6 nitrogen and oxygen atoms in total. The van der Waals surface area contributed by atoms with Crippen molar-refractivity contribution in [3.63, 3.8) is 0 Å². The average Bonchev–Trinajstić information content (AvgIpc) is 2.80. The second-order valence-corrected chi connectivity index (χ2v) is 8.02. The Hall–Kier alpha value is -0.900. The summed E-state index contributed by atoms with van der Waals surface area (Å²) in [7, 11) is 0. The van der Waals surface area contributed by atoms with Gasteiger partial charge in [0.05, 0.1) is 10.7 Å². The van der Waals surface area contributed by atoms with Crippen LogP contribution in [0.5, 0.6) is 0 Å². The summed E-state index contributed by atoms with van der Waals surface area (Å²) in [4.78, 5) is 24.5. The number of hydrogen-bond acceptors (Lipinski definition) is 4. The molecule has 0 aliphatic carbocycles. The number of thiazole rings is 1. The molecule has 1 aliphatic rings. The van der Waals surface area contributed by atoms with Gasteiger partial charge in [0.25, 0.3) is 0 Å². The highest BCUT2D eigenvalue weighted by Gasteiger charge is 2.15. The molecule has 0 spiro atoms. The molecule has 1 amide bonds. The van der Waals surface area contributed by atoms with Crippen LogP contribution in [0.3, 0.4) is 0 Å². The molecular weight excluding hydrogens is 473 g/mol. The lowest BCUT2D eigenvalue weighted by Crippen LogP contribution is -2.38. The summed E-state index contributed by atoms with van der Waals surface area (Å²) in [5.41, 5.74) is 1.13. The summed E-state index contributed by atoms with van der Waals surface area (Å²) in [6, 6.07) is 0. The lowest BCUT2D eigenvalue weighted by molar-refractivity contribution is -0.130. The van der Waals surface area contributed by atoms with Crippen molar-refractivity contribution in [3.05, 3.63) is 15.6 Å². The van der Waals surface area contributed by atoms with Gasteiger partial charge in [-0.15, -0.1) is 35.3 Å². The SMILES string of the molecule is CCNC(=NCCCN1CCCCCC1=O)NCCc1nc(C)c(C)s1.I. The molecule has 0 aromatic carbocycles. The highest BCUT2D eigenvalue weighted by atomic mass is 127. The Morgan fingerprint density at radius 2 is 2.07 bits per heavy atom. The minimum atomic E-state index is 0. The molecule has 0 radical (unpaired) electrons. The zero-order valence-electron chi connectivity index (χ0n) is 16.8. The predicted octanol–water partition coefficient (Wildman–Crippen LogP) is 3.27. The molecule has 1 aromatic rings. The smallest absolute Gasteiger partial charge is 0.222 e. The van der Waals surface area contributed by atoms with Crippen LogP contribution in [0.2, 0.25) is 0 Å². The number of aromatic nitrogens is 1.